The largest absolute Gasteiger partial charge is 0.378 e. The molecule has 2 rings (SSSR count). The van der Waals surface area contributed by atoms with Crippen molar-refractivity contribution in [2.24, 2.45) is 0 Å². The zero-order chi connectivity index (χ0) is 17.0. The first-order valence-electron chi connectivity index (χ1n) is 7.84. The Labute approximate surface area is 137 Å². The summed E-state index contributed by atoms with van der Waals surface area (Å²) in [6.07, 6.45) is 0.843. The lowest BCUT2D eigenvalue weighted by Gasteiger charge is -2.19. The molecule has 0 aromatic carbocycles. The number of rotatable bonds is 6. The number of aromatic nitrogens is 3. The van der Waals surface area contributed by atoms with Crippen LogP contribution in [0.1, 0.15) is 49.3 Å². The minimum atomic E-state index is -0.109. The van der Waals surface area contributed by atoms with E-state index in [1.165, 1.54) is 0 Å². The van der Waals surface area contributed by atoms with Crippen molar-refractivity contribution >= 4 is 5.82 Å². The fraction of sp³-hybridized carbons (Fsp3) is 0.588. The van der Waals surface area contributed by atoms with Gasteiger partial charge in [0, 0.05) is 30.7 Å². The fourth-order valence-corrected chi connectivity index (χ4v) is 2.32. The molecule has 2 aromatic rings. The molecule has 0 spiro atoms. The molecule has 0 aliphatic heterocycles. The Morgan fingerprint density at radius 2 is 1.96 bits per heavy atom. The van der Waals surface area contributed by atoms with E-state index in [-0.39, 0.29) is 5.41 Å². The number of aryl methyl sites for hydroxylation is 2. The third kappa shape index (κ3) is 4.51. The van der Waals surface area contributed by atoms with E-state index >= 15 is 0 Å². The lowest BCUT2D eigenvalue weighted by molar-refractivity contribution is 0.181. The summed E-state index contributed by atoms with van der Waals surface area (Å²) < 4.78 is 10.4. The molecule has 6 nitrogen and oxygen atoms in total. The number of hydrogen-bond acceptors (Lipinski definition) is 6. The molecule has 126 valence electrons. The first-order chi connectivity index (χ1) is 10.8. The smallest absolute Gasteiger partial charge is 0.137 e. The predicted molar refractivity (Wildman–Crippen MR) is 89.6 cm³/mol. The number of nitrogens with zero attached hydrogens (tertiary/aromatic N) is 3. The lowest BCUT2D eigenvalue weighted by Crippen LogP contribution is -2.19. The highest BCUT2D eigenvalue weighted by molar-refractivity contribution is 5.37. The van der Waals surface area contributed by atoms with E-state index in [0.29, 0.717) is 6.61 Å². The van der Waals surface area contributed by atoms with Crippen LogP contribution in [0.15, 0.2) is 10.6 Å². The number of anilines is 1. The maximum absolute atomic E-state index is 5.21. The Bertz CT molecular complexity index is 640. The van der Waals surface area contributed by atoms with Crippen molar-refractivity contribution in [1.82, 2.24) is 15.1 Å². The van der Waals surface area contributed by atoms with Gasteiger partial charge in [-0.15, -0.1) is 0 Å². The monoisotopic (exact) mass is 318 g/mol. The SMILES string of the molecule is COCc1cc(NCCc2c(C)noc2C)nc(C(C)(C)C)n1. The van der Waals surface area contributed by atoms with Crippen LogP contribution in [-0.2, 0) is 23.2 Å². The van der Waals surface area contributed by atoms with Crippen LogP contribution in [0.25, 0.3) is 0 Å². The summed E-state index contributed by atoms with van der Waals surface area (Å²) in [4.78, 5) is 9.21. The standard InChI is InChI=1S/C17H26N4O2/c1-11-14(12(2)23-21-11)7-8-18-15-9-13(10-22-6)19-16(20-15)17(3,4)5/h9H,7-8,10H2,1-6H3,(H,18,19,20). The number of nitrogens with one attached hydrogen (secondary N) is 1. The van der Waals surface area contributed by atoms with E-state index in [4.69, 9.17) is 9.26 Å². The van der Waals surface area contributed by atoms with Gasteiger partial charge in [-0.05, 0) is 20.3 Å². The topological polar surface area (TPSA) is 73.1 Å². The maximum atomic E-state index is 5.21. The average molecular weight is 318 g/mol. The molecule has 0 aliphatic rings. The van der Waals surface area contributed by atoms with Crippen LogP contribution in [0.3, 0.4) is 0 Å². The Morgan fingerprint density at radius 1 is 1.22 bits per heavy atom. The highest BCUT2D eigenvalue weighted by Crippen LogP contribution is 2.21. The van der Waals surface area contributed by atoms with Gasteiger partial charge in [-0.1, -0.05) is 25.9 Å². The predicted octanol–water partition coefficient (Wildman–Crippen LogP) is 3.18. The van der Waals surface area contributed by atoms with Gasteiger partial charge in [-0.3, -0.25) is 0 Å². The summed E-state index contributed by atoms with van der Waals surface area (Å²) in [5.74, 6) is 2.51. The highest BCUT2D eigenvalue weighted by atomic mass is 16.5. The van der Waals surface area contributed by atoms with Crippen LogP contribution in [0, 0.1) is 13.8 Å². The number of hydrogen-bond donors (Lipinski definition) is 1. The van der Waals surface area contributed by atoms with Gasteiger partial charge in [0.1, 0.15) is 17.4 Å². The molecule has 0 radical (unpaired) electrons. The zero-order valence-electron chi connectivity index (χ0n) is 14.9. The first kappa shape index (κ1) is 17.4. The van der Waals surface area contributed by atoms with Crippen molar-refractivity contribution in [2.45, 2.75) is 53.1 Å². The molecule has 0 atom stereocenters. The van der Waals surface area contributed by atoms with Crippen molar-refractivity contribution in [3.05, 3.63) is 34.6 Å². The molecule has 0 unspecified atom stereocenters. The number of ether oxygens (including phenoxy) is 1. The van der Waals surface area contributed by atoms with E-state index < -0.39 is 0 Å². The number of methoxy groups -OCH3 is 1. The van der Waals surface area contributed by atoms with Crippen molar-refractivity contribution in [1.29, 1.82) is 0 Å². The fourth-order valence-electron chi connectivity index (χ4n) is 2.32. The second-order valence-electron chi connectivity index (χ2n) is 6.73. The highest BCUT2D eigenvalue weighted by Gasteiger charge is 2.19. The maximum Gasteiger partial charge on any atom is 0.137 e. The van der Waals surface area contributed by atoms with E-state index in [9.17, 15) is 0 Å². The lowest BCUT2D eigenvalue weighted by atomic mass is 9.95. The van der Waals surface area contributed by atoms with Gasteiger partial charge in [0.05, 0.1) is 18.0 Å². The summed E-state index contributed by atoms with van der Waals surface area (Å²) in [5.41, 5.74) is 2.87. The summed E-state index contributed by atoms with van der Waals surface area (Å²) >= 11 is 0. The Balaban J connectivity index is 2.11. The van der Waals surface area contributed by atoms with E-state index in [2.05, 4.69) is 41.2 Å². The third-order valence-electron chi connectivity index (χ3n) is 3.60. The van der Waals surface area contributed by atoms with Gasteiger partial charge in [0.2, 0.25) is 0 Å². The van der Waals surface area contributed by atoms with Crippen molar-refractivity contribution < 1.29 is 9.26 Å². The molecule has 0 saturated heterocycles. The van der Waals surface area contributed by atoms with Crippen LogP contribution in [-0.4, -0.2) is 28.8 Å². The van der Waals surface area contributed by atoms with Crippen LogP contribution >= 0.6 is 0 Å². The van der Waals surface area contributed by atoms with Gasteiger partial charge >= 0.3 is 0 Å². The molecule has 1 N–H and O–H groups in total. The Morgan fingerprint density at radius 3 is 2.52 bits per heavy atom. The van der Waals surface area contributed by atoms with Crippen LogP contribution < -0.4 is 5.32 Å². The van der Waals surface area contributed by atoms with Gasteiger partial charge in [0.25, 0.3) is 0 Å². The molecular weight excluding hydrogens is 292 g/mol. The van der Waals surface area contributed by atoms with Crippen molar-refractivity contribution in [3.8, 4) is 0 Å². The minimum absolute atomic E-state index is 0.109. The van der Waals surface area contributed by atoms with Gasteiger partial charge in [-0.25, -0.2) is 9.97 Å². The van der Waals surface area contributed by atoms with Gasteiger partial charge < -0.3 is 14.6 Å². The molecule has 2 aromatic heterocycles. The normalized spacial score (nSPS) is 11.7. The zero-order valence-corrected chi connectivity index (χ0v) is 14.9. The molecule has 6 heteroatoms. The summed E-state index contributed by atoms with van der Waals surface area (Å²) in [6, 6.07) is 1.94. The van der Waals surface area contributed by atoms with Crippen LogP contribution in [0.2, 0.25) is 0 Å². The second kappa shape index (κ2) is 7.08. The quantitative estimate of drug-likeness (QED) is 0.882. The van der Waals surface area contributed by atoms with Crippen LogP contribution in [0.4, 0.5) is 5.82 Å². The summed E-state index contributed by atoms with van der Waals surface area (Å²) in [7, 11) is 1.67. The average Bonchev–Trinajstić information content (AvgIpc) is 2.78. The van der Waals surface area contributed by atoms with Crippen molar-refractivity contribution in [2.75, 3.05) is 19.0 Å². The molecule has 2 heterocycles. The summed E-state index contributed by atoms with van der Waals surface area (Å²) in [5, 5.41) is 7.35. The van der Waals surface area contributed by atoms with Crippen LogP contribution in [0.5, 0.6) is 0 Å². The van der Waals surface area contributed by atoms with Gasteiger partial charge in [0.15, 0.2) is 0 Å². The van der Waals surface area contributed by atoms with E-state index in [1.807, 2.05) is 19.9 Å². The van der Waals surface area contributed by atoms with E-state index in [0.717, 1.165) is 47.3 Å². The second-order valence-corrected chi connectivity index (χ2v) is 6.73. The summed E-state index contributed by atoms with van der Waals surface area (Å²) in [6.45, 7) is 11.4. The Kier molecular flexibility index (Phi) is 5.36. The van der Waals surface area contributed by atoms with Gasteiger partial charge in [-0.2, -0.15) is 0 Å². The van der Waals surface area contributed by atoms with E-state index in [1.54, 1.807) is 7.11 Å². The molecule has 0 aliphatic carbocycles. The molecular formula is C17H26N4O2. The third-order valence-corrected chi connectivity index (χ3v) is 3.60. The first-order valence-corrected chi connectivity index (χ1v) is 7.84. The molecule has 0 saturated carbocycles. The molecule has 0 amide bonds. The minimum Gasteiger partial charge on any atom is -0.378 e. The molecule has 23 heavy (non-hydrogen) atoms. The molecule has 0 bridgehead atoms. The molecule has 0 fully saturated rings. The van der Waals surface area contributed by atoms with Crippen molar-refractivity contribution in [3.63, 3.8) is 0 Å². The Hall–Kier alpha value is -1.95.